The van der Waals surface area contributed by atoms with Gasteiger partial charge in [0.2, 0.25) is 0 Å². The Bertz CT molecular complexity index is 2660. The summed E-state index contributed by atoms with van der Waals surface area (Å²) in [4.78, 5) is 2.44. The van der Waals surface area contributed by atoms with Crippen LogP contribution in [-0.4, -0.2) is 0 Å². The normalized spacial score (nSPS) is 12.8. The first kappa shape index (κ1) is 30.2. The number of fused-ring (bicyclic) bond motifs is 7. The molecule has 0 saturated carbocycles. The third kappa shape index (κ3) is 4.56. The maximum atomic E-state index is 2.50. The quantitative estimate of drug-likeness (QED) is 0.171. The molecule has 0 radical (unpaired) electrons. The number of hydrogen-bond donors (Lipinski definition) is 0. The van der Waals surface area contributed by atoms with Crippen LogP contribution in [-0.2, 0) is 5.41 Å². The van der Waals surface area contributed by atoms with Gasteiger partial charge in [-0.25, -0.2) is 0 Å². The average molecular weight is 662 g/mol. The lowest BCUT2D eigenvalue weighted by atomic mass is 9.67. The summed E-state index contributed by atoms with van der Waals surface area (Å²) in [5.74, 6) is 0. The Balaban J connectivity index is 1.34. The molecule has 9 aromatic rings. The highest BCUT2D eigenvalue weighted by atomic mass is 15.1. The molecule has 0 unspecified atom stereocenters. The molecule has 0 heterocycles. The van der Waals surface area contributed by atoms with Crippen LogP contribution >= 0.6 is 0 Å². The molecule has 0 aromatic heterocycles. The minimum Gasteiger partial charge on any atom is -0.310 e. The van der Waals surface area contributed by atoms with E-state index in [0.717, 1.165) is 17.1 Å². The van der Waals surface area contributed by atoms with Crippen molar-refractivity contribution in [2.24, 2.45) is 0 Å². The highest BCUT2D eigenvalue weighted by Crippen LogP contribution is 2.61. The lowest BCUT2D eigenvalue weighted by Gasteiger charge is -2.35. The molecule has 1 heteroatoms. The lowest BCUT2D eigenvalue weighted by Crippen LogP contribution is -2.28. The average Bonchev–Trinajstić information content (AvgIpc) is 3.54. The van der Waals surface area contributed by atoms with Crippen LogP contribution in [0.4, 0.5) is 17.1 Å². The van der Waals surface area contributed by atoms with Gasteiger partial charge in [-0.3, -0.25) is 0 Å². The van der Waals surface area contributed by atoms with Crippen molar-refractivity contribution in [3.63, 3.8) is 0 Å². The van der Waals surface area contributed by atoms with Crippen molar-refractivity contribution in [3.8, 4) is 22.3 Å². The fourth-order valence-corrected chi connectivity index (χ4v) is 8.71. The minimum absolute atomic E-state index is 0.546. The molecule has 0 saturated heterocycles. The summed E-state index contributed by atoms with van der Waals surface area (Å²) in [7, 11) is 0. The van der Waals surface area contributed by atoms with Crippen LogP contribution in [0.3, 0.4) is 0 Å². The zero-order valence-corrected chi connectivity index (χ0v) is 28.7. The molecule has 52 heavy (non-hydrogen) atoms. The van der Waals surface area contributed by atoms with Crippen LogP contribution in [0, 0.1) is 0 Å². The van der Waals surface area contributed by atoms with E-state index in [1.807, 2.05) is 0 Å². The molecular formula is C51H35N. The highest BCUT2D eigenvalue weighted by Gasteiger charge is 2.48. The van der Waals surface area contributed by atoms with Crippen LogP contribution in [0.1, 0.15) is 22.3 Å². The third-order valence-electron chi connectivity index (χ3n) is 10.9. The molecule has 9 aromatic carbocycles. The summed E-state index contributed by atoms with van der Waals surface area (Å²) < 4.78 is 0. The Hall–Kier alpha value is -6.70. The second kappa shape index (κ2) is 12.3. The molecule has 10 rings (SSSR count). The van der Waals surface area contributed by atoms with Gasteiger partial charge in [-0.1, -0.05) is 182 Å². The monoisotopic (exact) mass is 661 g/mol. The van der Waals surface area contributed by atoms with Gasteiger partial charge in [0.1, 0.15) is 0 Å². The molecule has 244 valence electrons. The number of anilines is 3. The number of para-hydroxylation sites is 1. The third-order valence-corrected chi connectivity index (χ3v) is 10.9. The molecule has 1 aliphatic carbocycles. The van der Waals surface area contributed by atoms with Crippen molar-refractivity contribution in [1.82, 2.24) is 0 Å². The molecular weight excluding hydrogens is 627 g/mol. The SMILES string of the molecule is c1ccc(-c2ccc(N(c3ccccc3)c3cc4c(c5ccccc35)-c3c(ccc5ccccc35)C4(c3ccccc3)c3ccccc3)cc2)cc1. The standard InChI is InChI=1S/C51H35N/c1-5-17-36(18-6-1)37-29-32-42(33-30-37)52(41-24-11-4-12-25-41)48-35-47-50(45-28-16-15-27-44(45)48)49-43-26-14-13-19-38(43)31-34-46(49)51(47,39-20-7-2-8-21-39)40-22-9-3-10-23-40/h1-35H. The maximum Gasteiger partial charge on any atom is 0.0714 e. The van der Waals surface area contributed by atoms with Gasteiger partial charge in [-0.15, -0.1) is 0 Å². The molecule has 0 bridgehead atoms. The number of benzene rings is 9. The lowest BCUT2D eigenvalue weighted by molar-refractivity contribution is 0.769. The molecule has 0 atom stereocenters. The smallest absolute Gasteiger partial charge is 0.0714 e. The van der Waals surface area contributed by atoms with Crippen molar-refractivity contribution in [2.75, 3.05) is 4.90 Å². The minimum atomic E-state index is -0.546. The summed E-state index contributed by atoms with van der Waals surface area (Å²) in [6.07, 6.45) is 0. The molecule has 0 spiro atoms. The van der Waals surface area contributed by atoms with Gasteiger partial charge in [-0.05, 0) is 91.0 Å². The number of hydrogen-bond acceptors (Lipinski definition) is 1. The summed E-state index contributed by atoms with van der Waals surface area (Å²) in [5, 5.41) is 5.00. The zero-order chi connectivity index (χ0) is 34.5. The fourth-order valence-electron chi connectivity index (χ4n) is 8.71. The first-order chi connectivity index (χ1) is 25.8. The highest BCUT2D eigenvalue weighted by molar-refractivity contribution is 6.16. The van der Waals surface area contributed by atoms with Gasteiger partial charge in [0, 0.05) is 16.8 Å². The maximum absolute atomic E-state index is 2.50. The topological polar surface area (TPSA) is 3.24 Å². The van der Waals surface area contributed by atoms with Crippen LogP contribution in [0.15, 0.2) is 212 Å². The van der Waals surface area contributed by atoms with Gasteiger partial charge in [0.05, 0.1) is 11.1 Å². The Morgan fingerprint density at radius 1 is 0.327 bits per heavy atom. The molecule has 0 fully saturated rings. The van der Waals surface area contributed by atoms with Gasteiger partial charge in [0.15, 0.2) is 0 Å². The molecule has 1 aliphatic rings. The molecule has 0 N–H and O–H groups in total. The van der Waals surface area contributed by atoms with Crippen LogP contribution in [0.25, 0.3) is 43.8 Å². The summed E-state index contributed by atoms with van der Waals surface area (Å²) in [6, 6.07) is 77.8. The van der Waals surface area contributed by atoms with Crippen molar-refractivity contribution < 1.29 is 0 Å². The van der Waals surface area contributed by atoms with Crippen molar-refractivity contribution in [2.45, 2.75) is 5.41 Å². The Morgan fingerprint density at radius 3 is 1.46 bits per heavy atom. The van der Waals surface area contributed by atoms with Crippen LogP contribution < -0.4 is 4.90 Å². The fraction of sp³-hybridized carbons (Fsp3) is 0.0196. The largest absolute Gasteiger partial charge is 0.310 e. The van der Waals surface area contributed by atoms with E-state index < -0.39 is 5.41 Å². The predicted octanol–water partition coefficient (Wildman–Crippen LogP) is 13.5. The van der Waals surface area contributed by atoms with Crippen molar-refractivity contribution in [1.29, 1.82) is 0 Å². The van der Waals surface area contributed by atoms with Gasteiger partial charge < -0.3 is 4.90 Å². The predicted molar refractivity (Wildman–Crippen MR) is 219 cm³/mol. The van der Waals surface area contributed by atoms with E-state index in [4.69, 9.17) is 0 Å². The van der Waals surface area contributed by atoms with E-state index in [0.29, 0.717) is 0 Å². The molecule has 0 aliphatic heterocycles. The molecule has 0 amide bonds. The summed E-state index contributed by atoms with van der Waals surface area (Å²) >= 11 is 0. The first-order valence-electron chi connectivity index (χ1n) is 18.0. The van der Waals surface area contributed by atoms with E-state index in [1.54, 1.807) is 0 Å². The Kier molecular flexibility index (Phi) is 7.11. The summed E-state index contributed by atoms with van der Waals surface area (Å²) in [6.45, 7) is 0. The molecule has 1 nitrogen and oxygen atoms in total. The Labute approximate surface area is 304 Å². The van der Waals surface area contributed by atoms with E-state index in [2.05, 4.69) is 217 Å². The van der Waals surface area contributed by atoms with Crippen LogP contribution in [0.5, 0.6) is 0 Å². The second-order valence-corrected chi connectivity index (χ2v) is 13.6. The van der Waals surface area contributed by atoms with E-state index in [9.17, 15) is 0 Å². The van der Waals surface area contributed by atoms with E-state index in [1.165, 1.54) is 66.1 Å². The van der Waals surface area contributed by atoms with Crippen molar-refractivity contribution >= 4 is 38.6 Å². The number of rotatable bonds is 6. The first-order valence-corrected chi connectivity index (χ1v) is 18.0. The number of nitrogens with zero attached hydrogens (tertiary/aromatic N) is 1. The van der Waals surface area contributed by atoms with Gasteiger partial charge in [-0.2, -0.15) is 0 Å². The Morgan fingerprint density at radius 2 is 0.808 bits per heavy atom. The van der Waals surface area contributed by atoms with Crippen molar-refractivity contribution in [3.05, 3.63) is 235 Å². The van der Waals surface area contributed by atoms with Crippen LogP contribution in [0.2, 0.25) is 0 Å². The van der Waals surface area contributed by atoms with Gasteiger partial charge in [0.25, 0.3) is 0 Å². The second-order valence-electron chi connectivity index (χ2n) is 13.6. The van der Waals surface area contributed by atoms with E-state index >= 15 is 0 Å². The zero-order valence-electron chi connectivity index (χ0n) is 28.7. The van der Waals surface area contributed by atoms with Gasteiger partial charge >= 0.3 is 0 Å². The summed E-state index contributed by atoms with van der Waals surface area (Å²) in [5.41, 5.74) is 13.0. The van der Waals surface area contributed by atoms with E-state index in [-0.39, 0.29) is 0 Å².